The fraction of sp³-hybridized carbons (Fsp3) is 0.333. The van der Waals surface area contributed by atoms with Crippen LogP contribution in [-0.2, 0) is 0 Å². The van der Waals surface area contributed by atoms with E-state index in [-0.39, 0.29) is 0 Å². The first-order valence-electron chi connectivity index (χ1n) is 22.2. The van der Waals surface area contributed by atoms with E-state index in [2.05, 4.69) is 138 Å². The Labute approximate surface area is 376 Å². The van der Waals surface area contributed by atoms with E-state index >= 15 is 0 Å². The Morgan fingerprint density at radius 2 is 0.742 bits per heavy atom. The summed E-state index contributed by atoms with van der Waals surface area (Å²) in [6.45, 7) is 24.8. The van der Waals surface area contributed by atoms with Crippen LogP contribution in [0.1, 0.15) is 81.6 Å². The van der Waals surface area contributed by atoms with Gasteiger partial charge in [-0.05, 0) is 188 Å². The maximum absolute atomic E-state index is 6.88. The Kier molecular flexibility index (Phi) is 11.7. The van der Waals surface area contributed by atoms with Gasteiger partial charge >= 0.3 is 0 Å². The smallest absolute Gasteiger partial charge is 0.171 e. The second-order valence-electron chi connectivity index (χ2n) is 17.7. The number of fused-ring (bicyclic) bond motifs is 7. The number of anilines is 4. The molecule has 2 aliphatic heterocycles. The molecule has 9 rings (SSSR count). The maximum Gasteiger partial charge on any atom is 0.171 e. The Morgan fingerprint density at radius 3 is 1.06 bits per heavy atom. The molecule has 2 aromatic heterocycles. The lowest BCUT2D eigenvalue weighted by Gasteiger charge is -2.35. The summed E-state index contributed by atoms with van der Waals surface area (Å²) >= 11 is 3.84. The van der Waals surface area contributed by atoms with Crippen molar-refractivity contribution in [3.05, 3.63) is 129 Å². The molecule has 6 nitrogen and oxygen atoms in total. The monoisotopic (exact) mass is 858 g/mol. The van der Waals surface area contributed by atoms with Gasteiger partial charge in [0, 0.05) is 54.8 Å². The number of ether oxygens (including phenoxy) is 2. The number of hydrogen-bond donors (Lipinski definition) is 0. The molecule has 0 spiro atoms. The van der Waals surface area contributed by atoms with E-state index in [1.54, 1.807) is 0 Å². The highest BCUT2D eigenvalue weighted by Crippen LogP contribution is 2.53. The number of rotatable bonds is 12. The Hall–Kier alpha value is -5.18. The summed E-state index contributed by atoms with van der Waals surface area (Å²) in [5.41, 5.74) is 19.4. The summed E-state index contributed by atoms with van der Waals surface area (Å²) in [7, 11) is 0. The molecular weight excluding hydrogens is 801 g/mol. The van der Waals surface area contributed by atoms with Crippen molar-refractivity contribution in [2.24, 2.45) is 0 Å². The molecule has 2 aliphatic rings. The Bertz CT molecular complexity index is 2590. The molecule has 0 N–H and O–H groups in total. The summed E-state index contributed by atoms with van der Waals surface area (Å²) in [4.78, 5) is 20.6. The first kappa shape index (κ1) is 42.1. The van der Waals surface area contributed by atoms with Gasteiger partial charge in [-0.2, -0.15) is 0 Å². The number of pyridine rings is 2. The van der Waals surface area contributed by atoms with E-state index in [0.29, 0.717) is 13.2 Å². The second-order valence-corrected chi connectivity index (χ2v) is 19.7. The zero-order valence-corrected chi connectivity index (χ0v) is 39.6. The normalized spacial score (nSPS) is 13.0. The minimum absolute atomic E-state index is 0.565. The second kappa shape index (κ2) is 17.2. The summed E-state index contributed by atoms with van der Waals surface area (Å²) in [6, 6.07) is 27.1. The highest BCUT2D eigenvalue weighted by molar-refractivity contribution is 8.00. The van der Waals surface area contributed by atoms with Crippen LogP contribution in [0.15, 0.2) is 92.4 Å². The van der Waals surface area contributed by atoms with Crippen LogP contribution < -0.4 is 19.3 Å². The van der Waals surface area contributed by atoms with E-state index in [0.717, 1.165) is 83.5 Å². The predicted octanol–water partition coefficient (Wildman–Crippen LogP) is 14.8. The van der Waals surface area contributed by atoms with Crippen LogP contribution in [0.4, 0.5) is 22.7 Å². The standard InChI is InChI=1S/C54H58N4O2S2/c1-31-23-35(5)51-43(27-31)57(44-28-32(2)24-36(6)52(44)61-51)19-11-13-21-59-49-41-17-15-39(9)55-47(41)48-42(18-16-40(10)56-48)50(49)60-22-14-12-20-58-45-29-33(3)25-37(7)53(45)62-54-38(8)26-34(4)30-46(54)58/h15-18,23-30H,11-14,19-22H2,1-10H3. The third-order valence-electron chi connectivity index (χ3n) is 12.2. The Morgan fingerprint density at radius 1 is 0.419 bits per heavy atom. The summed E-state index contributed by atoms with van der Waals surface area (Å²) < 4.78 is 13.8. The molecule has 5 aromatic carbocycles. The molecular formula is C54H58N4O2S2. The zero-order valence-electron chi connectivity index (χ0n) is 38.0. The number of benzene rings is 5. The summed E-state index contributed by atoms with van der Waals surface area (Å²) in [6.07, 6.45) is 3.73. The number of unbranched alkanes of at least 4 members (excludes halogenated alkanes) is 2. The van der Waals surface area contributed by atoms with E-state index in [1.807, 2.05) is 37.4 Å². The molecule has 0 atom stereocenters. The van der Waals surface area contributed by atoms with Crippen molar-refractivity contribution >= 4 is 68.1 Å². The van der Waals surface area contributed by atoms with Gasteiger partial charge in [-0.3, -0.25) is 9.97 Å². The molecule has 8 heteroatoms. The molecule has 318 valence electrons. The molecule has 0 unspecified atom stereocenters. The molecule has 62 heavy (non-hydrogen) atoms. The minimum atomic E-state index is 0.565. The molecule has 7 aromatic rings. The van der Waals surface area contributed by atoms with Crippen LogP contribution in [0.3, 0.4) is 0 Å². The van der Waals surface area contributed by atoms with Gasteiger partial charge in [0.15, 0.2) is 11.5 Å². The van der Waals surface area contributed by atoms with Gasteiger partial charge < -0.3 is 19.3 Å². The maximum atomic E-state index is 6.88. The number of aromatic nitrogens is 2. The molecule has 0 amide bonds. The van der Waals surface area contributed by atoms with Crippen molar-refractivity contribution in [3.63, 3.8) is 0 Å². The lowest BCUT2D eigenvalue weighted by molar-refractivity contribution is 0.266. The molecule has 0 fully saturated rings. The van der Waals surface area contributed by atoms with Gasteiger partial charge in [0.25, 0.3) is 0 Å². The topological polar surface area (TPSA) is 50.7 Å². The van der Waals surface area contributed by atoms with Crippen molar-refractivity contribution in [2.45, 2.75) is 115 Å². The average Bonchev–Trinajstić information content (AvgIpc) is 3.21. The van der Waals surface area contributed by atoms with Crippen LogP contribution in [0.25, 0.3) is 21.8 Å². The fourth-order valence-corrected chi connectivity index (χ4v) is 11.9. The van der Waals surface area contributed by atoms with Crippen LogP contribution in [-0.4, -0.2) is 36.3 Å². The van der Waals surface area contributed by atoms with Crippen LogP contribution in [0.5, 0.6) is 11.5 Å². The third-order valence-corrected chi connectivity index (χ3v) is 15.1. The first-order valence-corrected chi connectivity index (χ1v) is 23.8. The van der Waals surface area contributed by atoms with Crippen molar-refractivity contribution < 1.29 is 9.47 Å². The lowest BCUT2D eigenvalue weighted by atomic mass is 10.1. The van der Waals surface area contributed by atoms with E-state index in [1.165, 1.54) is 86.8 Å². The quantitative estimate of drug-likeness (QED) is 0.0890. The van der Waals surface area contributed by atoms with E-state index < -0.39 is 0 Å². The lowest BCUT2D eigenvalue weighted by Crippen LogP contribution is -2.23. The summed E-state index contributed by atoms with van der Waals surface area (Å²) in [5, 5.41) is 1.89. The van der Waals surface area contributed by atoms with Gasteiger partial charge in [-0.25, -0.2) is 0 Å². The third kappa shape index (κ3) is 8.01. The zero-order chi connectivity index (χ0) is 43.4. The van der Waals surface area contributed by atoms with Crippen LogP contribution in [0, 0.1) is 69.2 Å². The fourth-order valence-electron chi connectivity index (χ4n) is 9.47. The predicted molar refractivity (Wildman–Crippen MR) is 262 cm³/mol. The van der Waals surface area contributed by atoms with Crippen molar-refractivity contribution in [2.75, 3.05) is 36.1 Å². The highest BCUT2D eigenvalue weighted by atomic mass is 32.2. The molecule has 0 saturated carbocycles. The van der Waals surface area contributed by atoms with Gasteiger partial charge in [-0.1, -0.05) is 47.8 Å². The largest absolute Gasteiger partial charge is 0.489 e. The summed E-state index contributed by atoms with van der Waals surface area (Å²) in [5.74, 6) is 1.53. The van der Waals surface area contributed by atoms with Crippen molar-refractivity contribution in [3.8, 4) is 11.5 Å². The Balaban J connectivity index is 0.953. The van der Waals surface area contributed by atoms with Crippen LogP contribution in [0.2, 0.25) is 0 Å². The van der Waals surface area contributed by atoms with Crippen LogP contribution >= 0.6 is 23.5 Å². The number of hydrogen-bond acceptors (Lipinski definition) is 8. The highest BCUT2D eigenvalue weighted by Gasteiger charge is 2.28. The van der Waals surface area contributed by atoms with Gasteiger partial charge in [-0.15, -0.1) is 0 Å². The molecule has 0 radical (unpaired) electrons. The van der Waals surface area contributed by atoms with Gasteiger partial charge in [0.05, 0.1) is 36.0 Å². The molecule has 4 heterocycles. The first-order chi connectivity index (χ1) is 29.8. The SMILES string of the molecule is Cc1cc(C)c2c(c1)N(CCCCOc1c(OCCCCN3c4cc(C)cc(C)c4Sc4c(C)cc(C)cc43)c3ccc(C)nc3c3nc(C)ccc13)c1cc(C)cc(C)c1S2. The molecule has 0 saturated heterocycles. The van der Waals surface area contributed by atoms with Crippen molar-refractivity contribution in [1.29, 1.82) is 0 Å². The number of nitrogens with zero attached hydrogens (tertiary/aromatic N) is 4. The van der Waals surface area contributed by atoms with E-state index in [9.17, 15) is 0 Å². The molecule has 0 aliphatic carbocycles. The van der Waals surface area contributed by atoms with Crippen molar-refractivity contribution in [1.82, 2.24) is 9.97 Å². The number of aryl methyl sites for hydroxylation is 10. The van der Waals surface area contributed by atoms with E-state index in [4.69, 9.17) is 19.4 Å². The van der Waals surface area contributed by atoms with Gasteiger partial charge in [0.1, 0.15) is 11.0 Å². The minimum Gasteiger partial charge on any atom is -0.489 e. The average molecular weight is 859 g/mol. The molecule has 0 bridgehead atoms. The van der Waals surface area contributed by atoms with Gasteiger partial charge in [0.2, 0.25) is 0 Å².